The maximum absolute atomic E-state index is 12.9. The molecule has 2 aromatic heterocycles. The number of aromatic nitrogens is 3. The molecule has 1 atom stereocenters. The highest BCUT2D eigenvalue weighted by Crippen LogP contribution is 2.27. The average Bonchev–Trinajstić information content (AvgIpc) is 3.17. The maximum atomic E-state index is 12.9. The van der Waals surface area contributed by atoms with Crippen LogP contribution in [0.2, 0.25) is 0 Å². The molecule has 0 spiro atoms. The normalized spacial score (nSPS) is 19.3. The number of sulfone groups is 1. The average molecular weight is 362 g/mol. The minimum atomic E-state index is -3.01. The van der Waals surface area contributed by atoms with Gasteiger partial charge < -0.3 is 0 Å². The van der Waals surface area contributed by atoms with E-state index in [4.69, 9.17) is 0 Å². The van der Waals surface area contributed by atoms with E-state index in [0.717, 1.165) is 0 Å². The number of anilines is 1. The Labute approximate surface area is 147 Å². The van der Waals surface area contributed by atoms with Crippen LogP contribution in [-0.2, 0) is 9.84 Å². The summed E-state index contributed by atoms with van der Waals surface area (Å²) < 4.78 is 25.1. The third-order valence-corrected chi connectivity index (χ3v) is 6.17. The van der Waals surface area contributed by atoms with Crippen LogP contribution in [0.25, 0.3) is 0 Å². The second-order valence-electron chi connectivity index (χ2n) is 6.67. The van der Waals surface area contributed by atoms with Crippen LogP contribution in [-0.4, -0.2) is 47.6 Å². The van der Waals surface area contributed by atoms with Crippen molar-refractivity contribution in [1.82, 2.24) is 14.8 Å². The van der Waals surface area contributed by atoms with Crippen LogP contribution in [0.1, 0.15) is 48.3 Å². The number of carbonyl (C=O) groups is 1. The van der Waals surface area contributed by atoms with E-state index in [-0.39, 0.29) is 29.4 Å². The summed E-state index contributed by atoms with van der Waals surface area (Å²) in [5.74, 6) is 0.657. The molecule has 7 nitrogen and oxygen atoms in total. The number of rotatable bonds is 4. The lowest BCUT2D eigenvalue weighted by molar-refractivity contribution is 0.0991. The van der Waals surface area contributed by atoms with Crippen molar-refractivity contribution >= 4 is 21.6 Å². The van der Waals surface area contributed by atoms with Crippen LogP contribution < -0.4 is 4.90 Å². The topological polar surface area (TPSA) is 85.2 Å². The molecule has 134 valence electrons. The van der Waals surface area contributed by atoms with Gasteiger partial charge in [-0.2, -0.15) is 5.10 Å². The molecule has 0 aliphatic carbocycles. The zero-order chi connectivity index (χ0) is 18.2. The van der Waals surface area contributed by atoms with Gasteiger partial charge in [0.15, 0.2) is 9.84 Å². The van der Waals surface area contributed by atoms with E-state index in [2.05, 4.69) is 10.1 Å². The van der Waals surface area contributed by atoms with Gasteiger partial charge in [0, 0.05) is 19.4 Å². The SMILES string of the molecule is CC(C)c1nn(C2CCS(=O)(=O)C2)cc1C(=O)N(C)c1ccccn1. The van der Waals surface area contributed by atoms with Gasteiger partial charge in [-0.1, -0.05) is 19.9 Å². The van der Waals surface area contributed by atoms with Gasteiger partial charge in [-0.05, 0) is 24.5 Å². The van der Waals surface area contributed by atoms with Crippen LogP contribution in [0.15, 0.2) is 30.6 Å². The second-order valence-corrected chi connectivity index (χ2v) is 8.90. The maximum Gasteiger partial charge on any atom is 0.262 e. The molecule has 3 rings (SSSR count). The van der Waals surface area contributed by atoms with E-state index in [1.807, 2.05) is 19.9 Å². The van der Waals surface area contributed by atoms with Gasteiger partial charge in [0.1, 0.15) is 5.82 Å². The largest absolute Gasteiger partial charge is 0.296 e. The van der Waals surface area contributed by atoms with Gasteiger partial charge in [-0.3, -0.25) is 14.4 Å². The first kappa shape index (κ1) is 17.6. The highest BCUT2D eigenvalue weighted by molar-refractivity contribution is 7.91. The van der Waals surface area contributed by atoms with Crippen LogP contribution in [0, 0.1) is 0 Å². The lowest BCUT2D eigenvalue weighted by Crippen LogP contribution is -2.27. The molecule has 2 aromatic rings. The fourth-order valence-corrected chi connectivity index (χ4v) is 4.71. The molecular weight excluding hydrogens is 340 g/mol. The minimum absolute atomic E-state index is 0.0512. The van der Waals surface area contributed by atoms with Gasteiger partial charge in [-0.25, -0.2) is 13.4 Å². The quantitative estimate of drug-likeness (QED) is 0.831. The number of hydrogen-bond donors (Lipinski definition) is 0. The second kappa shape index (κ2) is 6.59. The molecule has 0 saturated carbocycles. The Morgan fingerprint density at radius 1 is 1.36 bits per heavy atom. The highest BCUT2D eigenvalue weighted by atomic mass is 32.2. The molecule has 0 N–H and O–H groups in total. The number of amides is 1. The molecule has 1 amide bonds. The Kier molecular flexibility index (Phi) is 4.64. The minimum Gasteiger partial charge on any atom is -0.296 e. The van der Waals surface area contributed by atoms with E-state index in [1.165, 1.54) is 4.90 Å². The molecule has 1 aliphatic heterocycles. The van der Waals surface area contributed by atoms with Crippen molar-refractivity contribution in [2.24, 2.45) is 0 Å². The summed E-state index contributed by atoms with van der Waals surface area (Å²) in [7, 11) is -1.34. The fourth-order valence-electron chi connectivity index (χ4n) is 3.00. The van der Waals surface area contributed by atoms with Gasteiger partial charge >= 0.3 is 0 Å². The summed E-state index contributed by atoms with van der Waals surface area (Å²) in [6, 6.07) is 5.17. The first-order chi connectivity index (χ1) is 11.8. The van der Waals surface area contributed by atoms with Gasteiger partial charge in [0.05, 0.1) is 28.8 Å². The molecule has 3 heterocycles. The summed E-state index contributed by atoms with van der Waals surface area (Å²) in [4.78, 5) is 18.6. The molecule has 8 heteroatoms. The Bertz CT molecular complexity index is 875. The van der Waals surface area contributed by atoms with Crippen molar-refractivity contribution < 1.29 is 13.2 Å². The van der Waals surface area contributed by atoms with Crippen molar-refractivity contribution in [3.05, 3.63) is 41.9 Å². The zero-order valence-electron chi connectivity index (χ0n) is 14.6. The van der Waals surface area contributed by atoms with Crippen molar-refractivity contribution in [2.75, 3.05) is 23.5 Å². The molecule has 0 radical (unpaired) electrons. The zero-order valence-corrected chi connectivity index (χ0v) is 15.4. The Morgan fingerprint density at radius 2 is 2.12 bits per heavy atom. The van der Waals surface area contributed by atoms with Crippen molar-refractivity contribution in [2.45, 2.75) is 32.2 Å². The molecule has 25 heavy (non-hydrogen) atoms. The lowest BCUT2D eigenvalue weighted by atomic mass is 10.1. The third-order valence-electron chi connectivity index (χ3n) is 4.42. The van der Waals surface area contributed by atoms with Crippen LogP contribution in [0.5, 0.6) is 0 Å². The summed E-state index contributed by atoms with van der Waals surface area (Å²) in [5, 5.41) is 4.54. The van der Waals surface area contributed by atoms with Crippen LogP contribution in [0.3, 0.4) is 0 Å². The van der Waals surface area contributed by atoms with E-state index < -0.39 is 9.84 Å². The summed E-state index contributed by atoms with van der Waals surface area (Å²) in [6.45, 7) is 3.94. The predicted molar refractivity (Wildman–Crippen MR) is 95.6 cm³/mol. The van der Waals surface area contributed by atoms with Gasteiger partial charge in [0.25, 0.3) is 5.91 Å². The number of carbonyl (C=O) groups excluding carboxylic acids is 1. The molecule has 1 fully saturated rings. The van der Waals surface area contributed by atoms with E-state index in [0.29, 0.717) is 23.5 Å². The number of hydrogen-bond acceptors (Lipinski definition) is 5. The summed E-state index contributed by atoms with van der Waals surface area (Å²) >= 11 is 0. The number of pyridine rings is 1. The Balaban J connectivity index is 1.94. The number of nitrogens with zero attached hydrogens (tertiary/aromatic N) is 4. The predicted octanol–water partition coefficient (Wildman–Crippen LogP) is 2.04. The first-order valence-corrected chi connectivity index (χ1v) is 10.1. The summed E-state index contributed by atoms with van der Waals surface area (Å²) in [6.07, 6.45) is 3.85. The molecule has 0 bridgehead atoms. The van der Waals surface area contributed by atoms with Crippen LogP contribution >= 0.6 is 0 Å². The monoisotopic (exact) mass is 362 g/mol. The van der Waals surface area contributed by atoms with Crippen LogP contribution in [0.4, 0.5) is 5.82 Å². The lowest BCUT2D eigenvalue weighted by Gasteiger charge is -2.16. The Hall–Kier alpha value is -2.22. The fraction of sp³-hybridized carbons (Fsp3) is 0.471. The molecule has 1 unspecified atom stereocenters. The van der Waals surface area contributed by atoms with Gasteiger partial charge in [0.2, 0.25) is 0 Å². The molecule has 1 aliphatic rings. The van der Waals surface area contributed by atoms with Crippen molar-refractivity contribution in [3.63, 3.8) is 0 Å². The molecule has 1 saturated heterocycles. The Morgan fingerprint density at radius 3 is 2.68 bits per heavy atom. The van der Waals surface area contributed by atoms with E-state index >= 15 is 0 Å². The van der Waals surface area contributed by atoms with Crippen molar-refractivity contribution in [3.8, 4) is 0 Å². The summed E-state index contributed by atoms with van der Waals surface area (Å²) in [5.41, 5.74) is 1.17. The van der Waals surface area contributed by atoms with Gasteiger partial charge in [-0.15, -0.1) is 0 Å². The molecule has 0 aromatic carbocycles. The third kappa shape index (κ3) is 3.58. The first-order valence-electron chi connectivity index (χ1n) is 8.27. The molecular formula is C17H22N4O3S. The standard InChI is InChI=1S/C17H22N4O3S/c1-12(2)16-14(17(22)20(3)15-6-4-5-8-18-15)10-21(19-16)13-7-9-25(23,24)11-13/h4-6,8,10,12-13H,7,9,11H2,1-3H3. The van der Waals surface area contributed by atoms with E-state index in [1.54, 1.807) is 36.3 Å². The smallest absolute Gasteiger partial charge is 0.262 e. The highest BCUT2D eigenvalue weighted by Gasteiger charge is 2.32. The van der Waals surface area contributed by atoms with Crippen molar-refractivity contribution in [1.29, 1.82) is 0 Å². The van der Waals surface area contributed by atoms with E-state index in [9.17, 15) is 13.2 Å².